The average molecular weight is 277 g/mol. The lowest BCUT2D eigenvalue weighted by Crippen LogP contribution is -2.46. The van der Waals surface area contributed by atoms with Gasteiger partial charge >= 0.3 is 10.1 Å². The molecule has 17 heavy (non-hydrogen) atoms. The molecule has 0 N–H and O–H groups in total. The highest BCUT2D eigenvalue weighted by Crippen LogP contribution is 2.34. The maximum atomic E-state index is 11.8. The Labute approximate surface area is 108 Å². The molecule has 0 spiro atoms. The van der Waals surface area contributed by atoms with Gasteiger partial charge in [-0.25, -0.2) is 0 Å². The van der Waals surface area contributed by atoms with E-state index >= 15 is 0 Å². The van der Waals surface area contributed by atoms with Crippen molar-refractivity contribution in [3.05, 3.63) is 11.3 Å². The number of likely N-dealkylation sites (N-methyl/N-ethyl adjacent to an activating group) is 1. The second-order valence-corrected chi connectivity index (χ2v) is 7.02. The first-order valence-electron chi connectivity index (χ1n) is 6.03. The summed E-state index contributed by atoms with van der Waals surface area (Å²) in [5.41, 5.74) is 1.19. The van der Waals surface area contributed by atoms with Gasteiger partial charge < -0.3 is 4.18 Å². The van der Waals surface area contributed by atoms with Crippen LogP contribution in [-0.2, 0) is 14.3 Å². The van der Waals surface area contributed by atoms with Crippen LogP contribution in [0.2, 0.25) is 0 Å². The fraction of sp³-hybridized carbons (Fsp3) is 0.818. The predicted octanol–water partition coefficient (Wildman–Crippen LogP) is 1.45. The molecule has 4 nitrogen and oxygen atoms in total. The molecule has 6 heteroatoms. The van der Waals surface area contributed by atoms with Gasteiger partial charge in [-0.1, -0.05) is 13.8 Å². The minimum atomic E-state index is -3.38. The highest BCUT2D eigenvalue weighted by atomic mass is 32.2. The fourth-order valence-electron chi connectivity index (χ4n) is 2.44. The van der Waals surface area contributed by atoms with Crippen molar-refractivity contribution in [2.75, 3.05) is 30.3 Å². The van der Waals surface area contributed by atoms with Gasteiger partial charge in [0.2, 0.25) is 0 Å². The molecule has 0 saturated heterocycles. The summed E-state index contributed by atoms with van der Waals surface area (Å²) in [5, 5.41) is 0. The molecule has 2 rings (SSSR count). The maximum Gasteiger partial charge on any atom is 0.310 e. The molecule has 0 aromatic rings. The van der Waals surface area contributed by atoms with Crippen LogP contribution in [-0.4, -0.2) is 49.7 Å². The molecule has 0 saturated carbocycles. The first-order chi connectivity index (χ1) is 8.07. The summed E-state index contributed by atoms with van der Waals surface area (Å²) < 4.78 is 28.7. The van der Waals surface area contributed by atoms with Crippen LogP contribution in [0.25, 0.3) is 0 Å². The second-order valence-electron chi connectivity index (χ2n) is 4.30. The molecule has 2 heterocycles. The monoisotopic (exact) mass is 277 g/mol. The van der Waals surface area contributed by atoms with Crippen LogP contribution in [0.5, 0.6) is 0 Å². The third kappa shape index (κ3) is 2.80. The van der Waals surface area contributed by atoms with E-state index in [4.69, 9.17) is 4.18 Å². The fourth-order valence-corrected chi connectivity index (χ4v) is 4.85. The van der Waals surface area contributed by atoms with Gasteiger partial charge in [0.25, 0.3) is 0 Å². The molecule has 1 unspecified atom stereocenters. The molecule has 98 valence electrons. The standard InChI is InChI=1S/C11H19NO3S2/c1-3-12(4-2)10-8-17(13,14)15-11-5-6-16-7-9(10)11/h10H,3-8H2,1-2H3. The van der Waals surface area contributed by atoms with Crippen molar-refractivity contribution in [1.29, 1.82) is 0 Å². The zero-order valence-electron chi connectivity index (χ0n) is 10.3. The molecule has 0 amide bonds. The van der Waals surface area contributed by atoms with E-state index in [9.17, 15) is 8.42 Å². The summed E-state index contributed by atoms with van der Waals surface area (Å²) in [7, 11) is -3.38. The second kappa shape index (κ2) is 5.20. The van der Waals surface area contributed by atoms with Gasteiger partial charge in [-0.2, -0.15) is 20.2 Å². The number of thioether (sulfide) groups is 1. The molecule has 0 bridgehead atoms. The first-order valence-corrected chi connectivity index (χ1v) is 8.76. The van der Waals surface area contributed by atoms with Gasteiger partial charge in [0.1, 0.15) is 11.5 Å². The molecular weight excluding hydrogens is 258 g/mol. The summed E-state index contributed by atoms with van der Waals surface area (Å²) in [6.45, 7) is 5.89. The van der Waals surface area contributed by atoms with E-state index < -0.39 is 10.1 Å². The minimum absolute atomic E-state index is 0.0200. The van der Waals surface area contributed by atoms with Crippen molar-refractivity contribution in [3.8, 4) is 0 Å². The number of hydrogen-bond donors (Lipinski definition) is 0. The summed E-state index contributed by atoms with van der Waals surface area (Å²) in [4.78, 5) is 2.21. The predicted molar refractivity (Wildman–Crippen MR) is 70.5 cm³/mol. The third-order valence-electron chi connectivity index (χ3n) is 3.33. The lowest BCUT2D eigenvalue weighted by molar-refractivity contribution is 0.237. The molecule has 0 radical (unpaired) electrons. The third-order valence-corrected chi connectivity index (χ3v) is 5.52. The van der Waals surface area contributed by atoms with E-state index in [0.717, 1.165) is 31.0 Å². The van der Waals surface area contributed by atoms with Gasteiger partial charge in [0, 0.05) is 17.9 Å². The van der Waals surface area contributed by atoms with Crippen LogP contribution in [0.4, 0.5) is 0 Å². The maximum absolute atomic E-state index is 11.8. The Hall–Kier alpha value is -0.200. The molecule has 0 aromatic carbocycles. The van der Waals surface area contributed by atoms with E-state index in [1.54, 1.807) is 0 Å². The smallest absolute Gasteiger partial charge is 0.310 e. The van der Waals surface area contributed by atoms with Crippen molar-refractivity contribution in [2.24, 2.45) is 0 Å². The zero-order valence-corrected chi connectivity index (χ0v) is 11.9. The number of nitrogens with zero attached hydrogens (tertiary/aromatic N) is 1. The van der Waals surface area contributed by atoms with Crippen molar-refractivity contribution in [1.82, 2.24) is 4.90 Å². The molecule has 1 atom stereocenters. The van der Waals surface area contributed by atoms with Gasteiger partial charge in [-0.3, -0.25) is 4.90 Å². The van der Waals surface area contributed by atoms with Crippen molar-refractivity contribution < 1.29 is 12.6 Å². The molecule has 0 aliphatic carbocycles. The lowest BCUT2D eigenvalue weighted by Gasteiger charge is -2.37. The van der Waals surface area contributed by atoms with Crippen molar-refractivity contribution in [3.63, 3.8) is 0 Å². The van der Waals surface area contributed by atoms with Crippen LogP contribution in [0.3, 0.4) is 0 Å². The van der Waals surface area contributed by atoms with Crippen LogP contribution in [0, 0.1) is 0 Å². The number of allylic oxidation sites excluding steroid dienone is 1. The van der Waals surface area contributed by atoms with Gasteiger partial charge in [0.05, 0.1) is 6.04 Å². The highest BCUT2D eigenvalue weighted by molar-refractivity contribution is 7.99. The van der Waals surface area contributed by atoms with E-state index in [-0.39, 0.29) is 11.8 Å². The quantitative estimate of drug-likeness (QED) is 0.731. The summed E-state index contributed by atoms with van der Waals surface area (Å²) in [6.07, 6.45) is 0.747. The van der Waals surface area contributed by atoms with E-state index in [0.29, 0.717) is 5.76 Å². The van der Waals surface area contributed by atoms with Crippen molar-refractivity contribution in [2.45, 2.75) is 26.3 Å². The zero-order chi connectivity index (χ0) is 12.5. The summed E-state index contributed by atoms with van der Waals surface area (Å²) in [6, 6.07) is 0.0200. The van der Waals surface area contributed by atoms with E-state index in [1.165, 1.54) is 5.57 Å². The Bertz CT molecular complexity index is 412. The molecule has 2 aliphatic rings. The van der Waals surface area contributed by atoms with Gasteiger partial charge in [-0.05, 0) is 18.7 Å². The topological polar surface area (TPSA) is 46.6 Å². The summed E-state index contributed by atoms with van der Waals surface area (Å²) in [5.74, 6) is 2.69. The SMILES string of the molecule is CCN(CC)C1CS(=O)(=O)OC2=C1CSCC2. The summed E-state index contributed by atoms with van der Waals surface area (Å²) >= 11 is 1.86. The number of hydrogen-bond acceptors (Lipinski definition) is 5. The Kier molecular flexibility index (Phi) is 4.05. The normalized spacial score (nSPS) is 27.8. The Morgan fingerprint density at radius 2 is 2.12 bits per heavy atom. The highest BCUT2D eigenvalue weighted by Gasteiger charge is 2.37. The van der Waals surface area contributed by atoms with Crippen LogP contribution in [0.1, 0.15) is 20.3 Å². The molecule has 0 fully saturated rings. The largest absolute Gasteiger partial charge is 0.387 e. The van der Waals surface area contributed by atoms with Gasteiger partial charge in [0.15, 0.2) is 0 Å². The molecule has 0 aromatic heterocycles. The number of rotatable bonds is 3. The average Bonchev–Trinajstić information content (AvgIpc) is 2.29. The Morgan fingerprint density at radius 1 is 1.41 bits per heavy atom. The first kappa shape index (κ1) is 13.2. The van der Waals surface area contributed by atoms with Crippen LogP contribution >= 0.6 is 11.8 Å². The van der Waals surface area contributed by atoms with Crippen LogP contribution < -0.4 is 0 Å². The van der Waals surface area contributed by atoms with Crippen LogP contribution in [0.15, 0.2) is 11.3 Å². The van der Waals surface area contributed by atoms with E-state index in [2.05, 4.69) is 18.7 Å². The van der Waals surface area contributed by atoms with E-state index in [1.807, 2.05) is 11.8 Å². The minimum Gasteiger partial charge on any atom is -0.387 e. The van der Waals surface area contributed by atoms with Crippen molar-refractivity contribution >= 4 is 21.9 Å². The Balaban J connectivity index is 2.34. The molecule has 2 aliphatic heterocycles. The molecular formula is C11H19NO3S2. The Morgan fingerprint density at radius 3 is 2.76 bits per heavy atom. The lowest BCUT2D eigenvalue weighted by atomic mass is 10.1. The van der Waals surface area contributed by atoms with Gasteiger partial charge in [-0.15, -0.1) is 0 Å².